The second kappa shape index (κ2) is 7.31. The number of hydrogen-bond donors (Lipinski definition) is 1. The van der Waals surface area contributed by atoms with Crippen molar-refractivity contribution in [2.24, 2.45) is 0 Å². The molecule has 11 heteroatoms. The Bertz CT molecular complexity index is 1440. The molecule has 0 saturated heterocycles. The zero-order valence-electron chi connectivity index (χ0n) is 18.2. The summed E-state index contributed by atoms with van der Waals surface area (Å²) >= 11 is 0. The number of aryl methyl sites for hydroxylation is 1. The maximum atomic E-state index is 15.0. The van der Waals surface area contributed by atoms with Crippen LogP contribution in [0.3, 0.4) is 0 Å². The molecule has 0 atom stereocenters. The summed E-state index contributed by atoms with van der Waals surface area (Å²) in [6, 6.07) is 10.5. The van der Waals surface area contributed by atoms with Crippen molar-refractivity contribution < 1.29 is 22.0 Å². The smallest absolute Gasteiger partial charge is 0.339 e. The summed E-state index contributed by atoms with van der Waals surface area (Å²) in [7, 11) is 0. The van der Waals surface area contributed by atoms with Crippen LogP contribution in [-0.4, -0.2) is 24.5 Å². The van der Waals surface area contributed by atoms with Gasteiger partial charge in [-0.05, 0) is 45.0 Å². The summed E-state index contributed by atoms with van der Waals surface area (Å²) in [6.07, 6.45) is -4.82. The molecule has 5 rings (SSSR count). The van der Waals surface area contributed by atoms with Gasteiger partial charge in [-0.15, -0.1) is 0 Å². The van der Waals surface area contributed by atoms with Crippen LogP contribution in [0.2, 0.25) is 0 Å². The van der Waals surface area contributed by atoms with Crippen LogP contribution in [-0.2, 0) is 11.6 Å². The summed E-state index contributed by atoms with van der Waals surface area (Å²) in [5, 5.41) is 2.74. The topological polar surface area (TPSA) is 68.5 Å². The summed E-state index contributed by atoms with van der Waals surface area (Å²) < 4.78 is 71.8. The van der Waals surface area contributed by atoms with Crippen molar-refractivity contribution in [3.05, 3.63) is 77.3 Å². The molecular weight excluding hydrogens is 455 g/mol. The highest BCUT2D eigenvalue weighted by molar-refractivity contribution is 5.79. The van der Waals surface area contributed by atoms with Crippen LogP contribution in [0.1, 0.15) is 36.8 Å². The van der Waals surface area contributed by atoms with Gasteiger partial charge in [0.15, 0.2) is 0 Å². The van der Waals surface area contributed by atoms with Gasteiger partial charge in [0, 0.05) is 11.5 Å². The maximum Gasteiger partial charge on any atom is 0.450 e. The van der Waals surface area contributed by atoms with Gasteiger partial charge in [0.2, 0.25) is 17.7 Å². The minimum atomic E-state index is -4.82. The Morgan fingerprint density at radius 1 is 0.912 bits per heavy atom. The van der Waals surface area contributed by atoms with Crippen molar-refractivity contribution in [2.45, 2.75) is 32.4 Å². The Morgan fingerprint density at radius 3 is 2.29 bits per heavy atom. The molecule has 0 unspecified atom stereocenters. The number of halogens is 5. The normalized spacial score (nSPS) is 14.4. The molecule has 0 spiro atoms. The van der Waals surface area contributed by atoms with E-state index in [1.54, 1.807) is 38.1 Å². The molecule has 4 bridgehead atoms. The fourth-order valence-corrected chi connectivity index (χ4v) is 3.99. The van der Waals surface area contributed by atoms with Gasteiger partial charge in [0.1, 0.15) is 11.6 Å². The summed E-state index contributed by atoms with van der Waals surface area (Å²) in [5.74, 6) is -3.72. The molecule has 4 aromatic heterocycles. The average molecular weight is 472 g/mol. The minimum absolute atomic E-state index is 0.0406. The number of aromatic nitrogens is 5. The first kappa shape index (κ1) is 21.9. The lowest BCUT2D eigenvalue weighted by Crippen LogP contribution is -2.24. The number of pyridine rings is 3. The quantitative estimate of drug-likeness (QED) is 0.262. The summed E-state index contributed by atoms with van der Waals surface area (Å²) in [5.41, 5.74) is -0.173. The fraction of sp³-hybridized carbons (Fsp3) is 0.217. The third-order valence-corrected chi connectivity index (χ3v) is 5.75. The molecule has 174 valence electrons. The Kier molecular flexibility index (Phi) is 4.71. The number of rotatable bonds is 0. The van der Waals surface area contributed by atoms with Gasteiger partial charge in [-0.3, -0.25) is 9.55 Å². The standard InChI is InChI=1S/C23H17F5N6/c1-11-20-31-13-10-16(24)33-19(25)18(13)12-6-4-7-14(30-12)22(2,3)15-8-5-9-17(32-15)34(20)21(29-11)23(26,27)28/h4-10,31H,1-3H3. The highest BCUT2D eigenvalue weighted by atomic mass is 19.4. The molecule has 0 amide bonds. The number of imidazole rings is 1. The maximum absolute atomic E-state index is 15.0. The van der Waals surface area contributed by atoms with Gasteiger partial charge in [-0.25, -0.2) is 9.97 Å². The number of hydrogen-bond acceptors (Lipinski definition) is 5. The van der Waals surface area contributed by atoms with Crippen LogP contribution in [0.4, 0.5) is 33.5 Å². The minimum Gasteiger partial charge on any atom is -0.339 e. The van der Waals surface area contributed by atoms with E-state index >= 15 is 0 Å². The average Bonchev–Trinajstić information content (AvgIpc) is 3.09. The van der Waals surface area contributed by atoms with Crippen molar-refractivity contribution in [2.75, 3.05) is 5.32 Å². The Balaban J connectivity index is 1.93. The number of anilines is 2. The number of alkyl halides is 3. The van der Waals surface area contributed by atoms with E-state index < -0.39 is 29.3 Å². The van der Waals surface area contributed by atoms with Gasteiger partial charge in [0.25, 0.3) is 0 Å². The lowest BCUT2D eigenvalue weighted by atomic mass is 9.84. The van der Waals surface area contributed by atoms with Crippen molar-refractivity contribution in [3.8, 4) is 17.1 Å². The van der Waals surface area contributed by atoms with Gasteiger partial charge in [0.05, 0.1) is 34.0 Å². The lowest BCUT2D eigenvalue weighted by molar-refractivity contribution is -0.146. The SMILES string of the molecule is Cc1nc(C(F)(F)F)n2c1Nc1cc(F)nc(F)c1-c1cccc(n1)C(C)(C)c1cccc-2n1. The summed E-state index contributed by atoms with van der Waals surface area (Å²) in [6.45, 7) is 4.97. The highest BCUT2D eigenvalue weighted by Gasteiger charge is 2.40. The third-order valence-electron chi connectivity index (χ3n) is 5.75. The Morgan fingerprint density at radius 2 is 1.59 bits per heavy atom. The van der Waals surface area contributed by atoms with E-state index in [0.717, 1.165) is 10.6 Å². The first-order valence-electron chi connectivity index (χ1n) is 10.2. The van der Waals surface area contributed by atoms with Crippen LogP contribution in [0, 0.1) is 18.8 Å². The first-order chi connectivity index (χ1) is 16.0. The second-order valence-corrected chi connectivity index (χ2v) is 8.40. The molecule has 1 N–H and O–H groups in total. The molecule has 0 aromatic carbocycles. The Hall–Kier alpha value is -3.89. The van der Waals surface area contributed by atoms with Crippen LogP contribution in [0.15, 0.2) is 42.5 Å². The molecule has 5 heterocycles. The number of nitrogens with zero attached hydrogens (tertiary/aromatic N) is 5. The van der Waals surface area contributed by atoms with Crippen molar-refractivity contribution >= 4 is 11.5 Å². The van der Waals surface area contributed by atoms with Crippen molar-refractivity contribution in [1.29, 1.82) is 0 Å². The molecule has 0 fully saturated rings. The molecule has 0 aliphatic carbocycles. The van der Waals surface area contributed by atoms with E-state index in [4.69, 9.17) is 0 Å². The zero-order valence-corrected chi connectivity index (χ0v) is 18.2. The zero-order chi connectivity index (χ0) is 24.4. The van der Waals surface area contributed by atoms with Gasteiger partial charge in [-0.2, -0.15) is 26.9 Å². The van der Waals surface area contributed by atoms with Gasteiger partial charge >= 0.3 is 6.18 Å². The predicted molar refractivity (Wildman–Crippen MR) is 114 cm³/mol. The number of fused-ring (bicyclic) bond motifs is 8. The van der Waals surface area contributed by atoms with E-state index in [9.17, 15) is 22.0 Å². The van der Waals surface area contributed by atoms with Crippen LogP contribution >= 0.6 is 0 Å². The van der Waals surface area contributed by atoms with E-state index in [-0.39, 0.29) is 34.3 Å². The monoisotopic (exact) mass is 472 g/mol. The molecule has 0 radical (unpaired) electrons. The predicted octanol–water partition coefficient (Wildman–Crippen LogP) is 5.71. The van der Waals surface area contributed by atoms with Crippen LogP contribution in [0.5, 0.6) is 0 Å². The molecule has 34 heavy (non-hydrogen) atoms. The fourth-order valence-electron chi connectivity index (χ4n) is 3.99. The highest BCUT2D eigenvalue weighted by Crippen LogP contribution is 2.40. The lowest BCUT2D eigenvalue weighted by Gasteiger charge is -2.26. The molecule has 1 aliphatic rings. The second-order valence-electron chi connectivity index (χ2n) is 8.40. The van der Waals surface area contributed by atoms with Crippen molar-refractivity contribution in [3.63, 3.8) is 0 Å². The van der Waals surface area contributed by atoms with E-state index in [1.165, 1.54) is 19.1 Å². The largest absolute Gasteiger partial charge is 0.450 e. The summed E-state index contributed by atoms with van der Waals surface area (Å²) in [4.78, 5) is 16.1. The van der Waals surface area contributed by atoms with E-state index in [0.29, 0.717) is 11.4 Å². The Labute approximate surface area is 190 Å². The van der Waals surface area contributed by atoms with Crippen LogP contribution < -0.4 is 5.32 Å². The van der Waals surface area contributed by atoms with Crippen molar-refractivity contribution in [1.82, 2.24) is 24.5 Å². The molecular formula is C23H17F5N6. The van der Waals surface area contributed by atoms with Gasteiger partial charge in [-0.1, -0.05) is 12.1 Å². The number of nitrogens with one attached hydrogen (secondary N) is 1. The molecule has 0 saturated carbocycles. The first-order valence-corrected chi connectivity index (χ1v) is 10.2. The molecule has 1 aliphatic heterocycles. The molecule has 4 aromatic rings. The third kappa shape index (κ3) is 3.39. The van der Waals surface area contributed by atoms with E-state index in [2.05, 4.69) is 25.3 Å². The van der Waals surface area contributed by atoms with E-state index in [1.807, 2.05) is 0 Å². The molecule has 6 nitrogen and oxygen atoms in total. The van der Waals surface area contributed by atoms with Crippen LogP contribution in [0.25, 0.3) is 17.1 Å². The van der Waals surface area contributed by atoms with Gasteiger partial charge < -0.3 is 5.32 Å².